The molecule has 0 aliphatic carbocycles. The number of benzene rings is 4. The molecule has 0 aliphatic heterocycles. The van der Waals surface area contributed by atoms with Gasteiger partial charge in [-0.3, -0.25) is 0 Å². The molecule has 0 amide bonds. The molecular weight excluding hydrogens is 2130 g/mol. The van der Waals surface area contributed by atoms with Crippen LogP contribution in [0.15, 0.2) is 167 Å². The molecule has 5 radical (unpaired) electrons. The van der Waals surface area contributed by atoms with Crippen molar-refractivity contribution in [2.75, 3.05) is 0 Å². The molecule has 0 fully saturated rings. The molecule has 67 heavy (non-hydrogen) atoms. The maximum atomic E-state index is 4.58. The molecule has 403 valence electrons. The molecular formula is C58H111ORe4Rf2RhS-7. The van der Waals surface area contributed by atoms with E-state index < -0.39 is 0 Å². The van der Waals surface area contributed by atoms with Crippen molar-refractivity contribution in [1.29, 1.82) is 0 Å². The van der Waals surface area contributed by atoms with E-state index in [-0.39, 0.29) is 153 Å². The molecule has 1 nitrogen and oxygen atoms in total. The Balaban J connectivity index is -0.0000000152. The fourth-order valence-electron chi connectivity index (χ4n) is 2.51. The number of fused-ring (bicyclic) bond motifs is 1. The first-order valence-corrected chi connectivity index (χ1v) is 21.7. The van der Waals surface area contributed by atoms with Gasteiger partial charge in [0.1, 0.15) is 0 Å². The Morgan fingerprint density at radius 2 is 0.463 bits per heavy atom. The molecule has 0 spiro atoms. The molecule has 0 atom stereocenters. The minimum absolute atomic E-state index is 0. The summed E-state index contributed by atoms with van der Waals surface area (Å²) in [4.78, 5) is 0. The number of thiophene rings is 1. The van der Waals surface area contributed by atoms with E-state index in [2.05, 4.69) is 72.0 Å². The summed E-state index contributed by atoms with van der Waals surface area (Å²) < 4.78 is 4.58. The third-order valence-corrected chi connectivity index (χ3v) is 4.75. The maximum absolute atomic E-state index is 4.58. The summed E-state index contributed by atoms with van der Waals surface area (Å²) in [6.07, 6.45) is 3.25. The van der Waals surface area contributed by atoms with Crippen molar-refractivity contribution < 1.29 is 106 Å². The van der Waals surface area contributed by atoms with E-state index in [4.69, 9.17) is 0 Å². The first kappa shape index (κ1) is 151. The van der Waals surface area contributed by atoms with Crippen molar-refractivity contribution in [3.63, 3.8) is 0 Å². The van der Waals surface area contributed by atoms with Gasteiger partial charge in [-0.05, 0) is 40.6 Å². The molecule has 0 aliphatic rings. The fourth-order valence-corrected chi connectivity index (χ4v) is 2.96. The van der Waals surface area contributed by atoms with E-state index in [9.17, 15) is 0 Å². The zero-order valence-corrected chi connectivity index (χ0v) is 75.3. The summed E-state index contributed by atoms with van der Waals surface area (Å²) >= 11 is 1.71. The van der Waals surface area contributed by atoms with Crippen LogP contribution in [0.4, 0.5) is 0 Å². The van der Waals surface area contributed by atoms with Gasteiger partial charge in [-0.15, -0.1) is 0 Å². The van der Waals surface area contributed by atoms with Gasteiger partial charge in [-0.1, -0.05) is 271 Å². The minimum atomic E-state index is 0. The van der Waals surface area contributed by atoms with Crippen molar-refractivity contribution in [2.24, 2.45) is 0 Å². The van der Waals surface area contributed by atoms with E-state index in [1.165, 1.54) is 16.3 Å². The summed E-state index contributed by atoms with van der Waals surface area (Å²) in [5, 5.41) is 6.70. The van der Waals surface area contributed by atoms with Crippen LogP contribution < -0.4 is 0 Å². The van der Waals surface area contributed by atoms with Gasteiger partial charge in [0, 0.05) is 101 Å². The molecule has 2 aromatic heterocycles. The van der Waals surface area contributed by atoms with Crippen LogP contribution >= 0.6 is 11.3 Å². The first-order chi connectivity index (χ1) is 26.4. The number of aryl methyl sites for hydroxylation is 1. The maximum Gasteiger partial charge on any atom is 0.0902 e. The normalized spacial score (nSPS) is 5.21. The summed E-state index contributed by atoms with van der Waals surface area (Å²) in [6.45, 7) is 42.1. The summed E-state index contributed by atoms with van der Waals surface area (Å²) in [5.41, 5.74) is 1.32. The van der Waals surface area contributed by atoms with E-state index in [1.54, 1.807) is 23.9 Å². The quantitative estimate of drug-likeness (QED) is 0.109. The van der Waals surface area contributed by atoms with Gasteiger partial charge in [-0.25, -0.2) is 0 Å². The number of hydrogen-bond acceptors (Lipinski definition) is 2. The third kappa shape index (κ3) is 154. The fraction of sp³-hybridized carbons (Fsp3) is 0.362. The van der Waals surface area contributed by atoms with Crippen LogP contribution in [-0.4, -0.2) is 0 Å². The van der Waals surface area contributed by atoms with E-state index in [1.807, 2.05) is 228 Å². The van der Waals surface area contributed by atoms with Crippen molar-refractivity contribution in [1.82, 2.24) is 0 Å². The van der Waals surface area contributed by atoms with Gasteiger partial charge in [0.2, 0.25) is 0 Å². The smallest absolute Gasteiger partial charge is 0.0902 e. The standard InChI is InChI=1S/C10H8.C7H8.C6H6.C4H4O.C4H4S.10C2H6.7CH3.4Re.2Rf.Rh/c1-2-6-10-8-4-3-7-9(10)5-1;1-7-5-3-2-4-6-7;1-2-4-6-5-3-1;2*1-2-4-5-3-1;10*1-2;;;;;;;;;;;;;;/h1-8H;2-6H,1H3;1-6H;2*1-4H;10*1-2H3;7*1H3;;;;;;;/q;;;;;;;;;;;;;;;7*-1;;;;;;;. The van der Waals surface area contributed by atoms with Crippen LogP contribution in [0.1, 0.15) is 144 Å². The molecule has 2 heterocycles. The van der Waals surface area contributed by atoms with Crippen molar-refractivity contribution in [3.05, 3.63) is 220 Å². The summed E-state index contributed by atoms with van der Waals surface area (Å²) in [6, 6.07) is 46.7. The molecule has 4 aromatic carbocycles. The van der Waals surface area contributed by atoms with Crippen LogP contribution in [0.2, 0.25) is 0 Å². The monoisotopic (exact) mass is 2240 g/mol. The Hall–Kier alpha value is -2.61. The van der Waals surface area contributed by atoms with Gasteiger partial charge in [-0.2, -0.15) is 11.3 Å². The number of rotatable bonds is 0. The predicted molar refractivity (Wildman–Crippen MR) is 303 cm³/mol. The second kappa shape index (κ2) is 197. The number of hydrogen-bond donors (Lipinski definition) is 0. The Labute approximate surface area is 488 Å². The van der Waals surface area contributed by atoms with Crippen LogP contribution in [0, 0.1) is 58.9 Å². The molecule has 0 unspecified atom stereocenters. The predicted octanol–water partition coefficient (Wildman–Crippen LogP) is 23.0. The summed E-state index contributed by atoms with van der Waals surface area (Å²) in [5.74, 6) is 0. The van der Waals surface area contributed by atoms with Gasteiger partial charge in [0.15, 0.2) is 0 Å². The van der Waals surface area contributed by atoms with Crippen molar-refractivity contribution in [3.8, 4) is 0 Å². The Kier molecular flexibility index (Phi) is 444. The molecule has 0 bridgehead atoms. The van der Waals surface area contributed by atoms with Crippen LogP contribution in [0.25, 0.3) is 10.8 Å². The van der Waals surface area contributed by atoms with Crippen molar-refractivity contribution >= 4 is 22.1 Å². The topological polar surface area (TPSA) is 13.1 Å². The van der Waals surface area contributed by atoms with Gasteiger partial charge >= 0.3 is 0 Å². The average molecular weight is 2240 g/mol. The zero-order chi connectivity index (χ0) is 43.2. The minimum Gasteiger partial charge on any atom is -0.473 e. The van der Waals surface area contributed by atoms with Gasteiger partial charge in [0.25, 0.3) is 0 Å². The second-order valence-electron chi connectivity index (χ2n) is 6.74. The van der Waals surface area contributed by atoms with E-state index >= 15 is 0 Å². The molecule has 0 saturated carbocycles. The van der Waals surface area contributed by atoms with Crippen LogP contribution in [0.3, 0.4) is 0 Å². The van der Waals surface area contributed by atoms with Crippen LogP contribution in [0.5, 0.6) is 0 Å². The SMILES string of the molecule is CC.CC.CC.CC.CC.CC.CC.CC.CC.CC.Cc1ccccc1.[CH3-].[CH3-].[CH3-].[CH3-].[CH3-].[CH3-].[CH3-].[Re].[Re].[Re].[Re].[Rf].[Rf].[Rh].c1ccc2ccccc2c1.c1ccccc1.c1ccoc1.c1ccsc1. The van der Waals surface area contributed by atoms with Crippen molar-refractivity contribution in [2.45, 2.75) is 145 Å². The van der Waals surface area contributed by atoms with Gasteiger partial charge in [0.05, 0.1) is 12.5 Å². The van der Waals surface area contributed by atoms with E-state index in [0.29, 0.717) is 0 Å². The van der Waals surface area contributed by atoms with E-state index in [0.717, 1.165) is 0 Å². The molecule has 9 heteroatoms. The molecule has 6 aromatic rings. The van der Waals surface area contributed by atoms with Gasteiger partial charge < -0.3 is 56.4 Å². The largest absolute Gasteiger partial charge is 0.473 e. The third-order valence-electron chi connectivity index (χ3n) is 4.12. The molecule has 0 saturated heterocycles. The average Bonchev–Trinajstić information content (AvgIpc) is 4.11. The first-order valence-electron chi connectivity index (χ1n) is 20.8. The Morgan fingerprint density at radius 1 is 0.284 bits per heavy atom. The molecule has 6 rings (SSSR count). The zero-order valence-electron chi connectivity index (χ0n) is 49.2. The van der Waals surface area contributed by atoms with Crippen LogP contribution in [-0.2, 0) is 101 Å². The Bertz CT molecular complexity index is 1040. The molecule has 0 N–H and O–H groups in total. The second-order valence-corrected chi connectivity index (χ2v) is 7.56. The number of furan rings is 1. The Morgan fingerprint density at radius 3 is 0.582 bits per heavy atom. The summed E-state index contributed by atoms with van der Waals surface area (Å²) in [7, 11) is 0.